The summed E-state index contributed by atoms with van der Waals surface area (Å²) in [6.45, 7) is 4.44. The number of nitrogens with zero attached hydrogens (tertiary/aromatic N) is 2. The van der Waals surface area contributed by atoms with E-state index in [-0.39, 0.29) is 0 Å². The first kappa shape index (κ1) is 35.0. The topological polar surface area (TPSA) is 8.17 Å². The molecule has 280 valence electrons. The molecule has 0 atom stereocenters. The third-order valence-electron chi connectivity index (χ3n) is 11.7. The number of rotatable bonds is 7. The van der Waals surface area contributed by atoms with Crippen LogP contribution in [0.25, 0.3) is 81.0 Å². The summed E-state index contributed by atoms with van der Waals surface area (Å²) in [6, 6.07) is 75.6. The highest BCUT2D eigenvalue weighted by Gasteiger charge is 2.23. The molecule has 3 heteroatoms. The lowest BCUT2D eigenvalue weighted by Crippen LogP contribution is -2.11. The minimum atomic E-state index is 1.12. The van der Waals surface area contributed by atoms with Crippen molar-refractivity contribution in [1.29, 1.82) is 0 Å². The van der Waals surface area contributed by atoms with Crippen molar-refractivity contribution in [2.45, 2.75) is 13.8 Å². The molecule has 0 radical (unpaired) electrons. The summed E-state index contributed by atoms with van der Waals surface area (Å²) in [5.41, 5.74) is 16.7. The average molecular weight is 773 g/mol. The van der Waals surface area contributed by atoms with Crippen LogP contribution in [-0.4, -0.2) is 4.57 Å². The van der Waals surface area contributed by atoms with Gasteiger partial charge >= 0.3 is 0 Å². The van der Waals surface area contributed by atoms with Gasteiger partial charge in [-0.2, -0.15) is 0 Å². The first-order valence-electron chi connectivity index (χ1n) is 20.3. The standard InChI is InChI=1S/C56H40N2S/c1-37-18-17-23-41(32-37)57(42-33-38(2)55(40-21-7-4-8-22-40)48(34-42)39-19-5-3-6-20-39)43-35-49(56-50(36-43)47-27-12-16-31-54(47)59-56)46-26-11-15-30-53(46)58-51-28-13-9-24-44(51)45-25-10-14-29-52(45)58/h3-36H,1-2H3. The molecule has 11 aromatic rings. The van der Waals surface area contributed by atoms with Gasteiger partial charge in [0.1, 0.15) is 0 Å². The quantitative estimate of drug-likeness (QED) is 0.157. The first-order chi connectivity index (χ1) is 29.1. The molecule has 0 amide bonds. The lowest BCUT2D eigenvalue weighted by Gasteiger charge is -2.29. The van der Waals surface area contributed by atoms with Crippen LogP contribution < -0.4 is 4.90 Å². The second-order valence-electron chi connectivity index (χ2n) is 15.4. The van der Waals surface area contributed by atoms with Crippen LogP contribution in [0.2, 0.25) is 0 Å². The van der Waals surface area contributed by atoms with E-state index in [1.807, 2.05) is 11.3 Å². The number of hydrogen-bond acceptors (Lipinski definition) is 2. The minimum absolute atomic E-state index is 1.12. The van der Waals surface area contributed by atoms with Gasteiger partial charge in [0.25, 0.3) is 0 Å². The van der Waals surface area contributed by atoms with E-state index in [2.05, 4.69) is 230 Å². The van der Waals surface area contributed by atoms with E-state index in [0.29, 0.717) is 0 Å². The summed E-state index contributed by atoms with van der Waals surface area (Å²) in [4.78, 5) is 2.47. The second-order valence-corrected chi connectivity index (χ2v) is 16.5. The Bertz CT molecular complexity index is 3300. The van der Waals surface area contributed by atoms with Crippen LogP contribution in [0.5, 0.6) is 0 Å². The molecule has 59 heavy (non-hydrogen) atoms. The molecule has 0 aliphatic rings. The van der Waals surface area contributed by atoms with Crippen molar-refractivity contribution >= 4 is 70.4 Å². The van der Waals surface area contributed by atoms with Crippen LogP contribution in [0.15, 0.2) is 206 Å². The molecule has 0 spiro atoms. The van der Waals surface area contributed by atoms with Crippen LogP contribution in [0.3, 0.4) is 0 Å². The van der Waals surface area contributed by atoms with Gasteiger partial charge in [0.2, 0.25) is 0 Å². The number of aromatic nitrogens is 1. The number of thiophene rings is 1. The smallest absolute Gasteiger partial charge is 0.0541 e. The molecule has 0 saturated carbocycles. The van der Waals surface area contributed by atoms with E-state index in [1.54, 1.807) is 0 Å². The van der Waals surface area contributed by atoms with Gasteiger partial charge in [-0.3, -0.25) is 0 Å². The summed E-state index contributed by atoms with van der Waals surface area (Å²) in [6.07, 6.45) is 0. The van der Waals surface area contributed by atoms with Gasteiger partial charge in [-0.25, -0.2) is 0 Å². The fourth-order valence-electron chi connectivity index (χ4n) is 9.16. The third-order valence-corrected chi connectivity index (χ3v) is 12.9. The van der Waals surface area contributed by atoms with Crippen molar-refractivity contribution in [3.63, 3.8) is 0 Å². The molecule has 2 heterocycles. The monoisotopic (exact) mass is 772 g/mol. The Labute approximate surface area is 348 Å². The zero-order valence-electron chi connectivity index (χ0n) is 32.9. The van der Waals surface area contributed by atoms with Crippen molar-refractivity contribution in [3.05, 3.63) is 217 Å². The number of aryl methyl sites for hydroxylation is 2. The maximum atomic E-state index is 2.47. The van der Waals surface area contributed by atoms with E-state index >= 15 is 0 Å². The molecule has 0 N–H and O–H groups in total. The zero-order valence-corrected chi connectivity index (χ0v) is 33.7. The summed E-state index contributed by atoms with van der Waals surface area (Å²) >= 11 is 1.88. The SMILES string of the molecule is Cc1cccc(N(c2cc(C)c(-c3ccccc3)c(-c3ccccc3)c2)c2cc(-c3ccccc3-n3c4ccccc4c4ccccc43)c3sc4ccccc4c3c2)c1. The molecule has 0 fully saturated rings. The first-order valence-corrected chi connectivity index (χ1v) is 21.1. The average Bonchev–Trinajstić information content (AvgIpc) is 3.83. The van der Waals surface area contributed by atoms with E-state index < -0.39 is 0 Å². The summed E-state index contributed by atoms with van der Waals surface area (Å²) in [5.74, 6) is 0. The number of para-hydroxylation sites is 3. The predicted octanol–water partition coefficient (Wildman–Crippen LogP) is 16.2. The van der Waals surface area contributed by atoms with Gasteiger partial charge in [-0.05, 0) is 108 Å². The summed E-state index contributed by atoms with van der Waals surface area (Å²) < 4.78 is 5.03. The Hall–Kier alpha value is -7.20. The molecular weight excluding hydrogens is 733 g/mol. The fraction of sp³-hybridized carbons (Fsp3) is 0.0357. The van der Waals surface area contributed by atoms with Gasteiger partial charge < -0.3 is 9.47 Å². The van der Waals surface area contributed by atoms with Crippen molar-refractivity contribution in [1.82, 2.24) is 4.57 Å². The zero-order chi connectivity index (χ0) is 39.5. The molecule has 2 aromatic heterocycles. The summed E-state index contributed by atoms with van der Waals surface area (Å²) in [7, 11) is 0. The highest BCUT2D eigenvalue weighted by molar-refractivity contribution is 7.26. The maximum Gasteiger partial charge on any atom is 0.0541 e. The Morgan fingerprint density at radius 3 is 1.73 bits per heavy atom. The van der Waals surface area contributed by atoms with Crippen molar-refractivity contribution in [3.8, 4) is 39.1 Å². The lowest BCUT2D eigenvalue weighted by atomic mass is 9.90. The Morgan fingerprint density at radius 1 is 0.407 bits per heavy atom. The normalized spacial score (nSPS) is 11.6. The number of hydrogen-bond donors (Lipinski definition) is 0. The van der Waals surface area contributed by atoms with Gasteiger partial charge in [-0.1, -0.05) is 146 Å². The maximum absolute atomic E-state index is 2.47. The number of anilines is 3. The van der Waals surface area contributed by atoms with Gasteiger partial charge in [0.15, 0.2) is 0 Å². The molecule has 0 aliphatic heterocycles. The number of fused-ring (bicyclic) bond motifs is 6. The van der Waals surface area contributed by atoms with Crippen LogP contribution in [0, 0.1) is 13.8 Å². The van der Waals surface area contributed by atoms with Crippen molar-refractivity contribution in [2.24, 2.45) is 0 Å². The van der Waals surface area contributed by atoms with Gasteiger partial charge in [0, 0.05) is 59.1 Å². The third kappa shape index (κ3) is 5.93. The van der Waals surface area contributed by atoms with Crippen molar-refractivity contribution < 1.29 is 0 Å². The summed E-state index contributed by atoms with van der Waals surface area (Å²) in [5, 5.41) is 5.05. The largest absolute Gasteiger partial charge is 0.310 e. The number of benzene rings is 9. The van der Waals surface area contributed by atoms with Crippen LogP contribution >= 0.6 is 11.3 Å². The van der Waals surface area contributed by atoms with Gasteiger partial charge in [0.05, 0.1) is 16.7 Å². The molecule has 0 saturated heterocycles. The molecule has 0 bridgehead atoms. The van der Waals surface area contributed by atoms with Crippen molar-refractivity contribution in [2.75, 3.05) is 4.90 Å². The predicted molar refractivity (Wildman–Crippen MR) is 254 cm³/mol. The van der Waals surface area contributed by atoms with E-state index in [1.165, 1.54) is 86.5 Å². The minimum Gasteiger partial charge on any atom is -0.310 e. The molecule has 0 aliphatic carbocycles. The lowest BCUT2D eigenvalue weighted by molar-refractivity contribution is 1.18. The Balaban J connectivity index is 1.22. The van der Waals surface area contributed by atoms with Crippen LogP contribution in [-0.2, 0) is 0 Å². The van der Waals surface area contributed by atoms with E-state index in [0.717, 1.165) is 22.7 Å². The fourth-order valence-corrected chi connectivity index (χ4v) is 10.4. The van der Waals surface area contributed by atoms with Gasteiger partial charge in [-0.15, -0.1) is 11.3 Å². The molecule has 0 unspecified atom stereocenters. The highest BCUT2D eigenvalue weighted by atomic mass is 32.1. The van der Waals surface area contributed by atoms with E-state index in [4.69, 9.17) is 0 Å². The second kappa shape index (κ2) is 14.3. The van der Waals surface area contributed by atoms with Crippen LogP contribution in [0.1, 0.15) is 11.1 Å². The highest BCUT2D eigenvalue weighted by Crippen LogP contribution is 2.49. The van der Waals surface area contributed by atoms with E-state index in [9.17, 15) is 0 Å². The van der Waals surface area contributed by atoms with Crippen LogP contribution in [0.4, 0.5) is 17.1 Å². The Morgan fingerprint density at radius 2 is 1.00 bits per heavy atom. The molecular formula is C56H40N2S. The molecule has 2 nitrogen and oxygen atoms in total. The molecule has 9 aromatic carbocycles. The molecule has 11 rings (SSSR count). The Kier molecular flexibility index (Phi) is 8.49.